The molecule has 0 spiro atoms. The monoisotopic (exact) mass is 191 g/mol. The molecule has 0 saturated heterocycles. The van der Waals surface area contributed by atoms with Gasteiger partial charge in [-0.2, -0.15) is 0 Å². The van der Waals surface area contributed by atoms with E-state index in [1.807, 2.05) is 17.8 Å². The number of terminal acetylenes is 1. The lowest BCUT2D eigenvalue weighted by Crippen LogP contribution is -2.28. The lowest BCUT2D eigenvalue weighted by atomic mass is 10.1. The summed E-state index contributed by atoms with van der Waals surface area (Å²) in [5.74, 6) is 2.68. The molecule has 0 saturated carbocycles. The maximum absolute atomic E-state index is 5.28. The van der Waals surface area contributed by atoms with Crippen molar-refractivity contribution in [2.24, 2.45) is 7.05 Å². The smallest absolute Gasteiger partial charge is 0.0945 e. The number of aromatic nitrogens is 2. The maximum Gasteiger partial charge on any atom is 0.0945 e. The van der Waals surface area contributed by atoms with Crippen molar-refractivity contribution in [3.05, 3.63) is 18.2 Å². The average Bonchev–Trinajstić information content (AvgIpc) is 2.59. The van der Waals surface area contributed by atoms with Crippen molar-refractivity contribution in [3.8, 4) is 12.3 Å². The summed E-state index contributed by atoms with van der Waals surface area (Å²) in [6.07, 6.45) is 10.8. The van der Waals surface area contributed by atoms with E-state index < -0.39 is 0 Å². The molecule has 1 aromatic rings. The third-order valence-corrected chi connectivity index (χ3v) is 2.35. The fourth-order valence-corrected chi connectivity index (χ4v) is 1.31. The fraction of sp³-hybridized carbons (Fsp3) is 0.545. The van der Waals surface area contributed by atoms with Gasteiger partial charge in [-0.05, 0) is 6.42 Å². The Bertz CT molecular complexity index is 309. The zero-order valence-corrected chi connectivity index (χ0v) is 8.83. The molecular weight excluding hydrogens is 174 g/mol. The van der Waals surface area contributed by atoms with E-state index in [0.717, 1.165) is 19.4 Å². The Balaban J connectivity index is 2.40. The number of aryl methyl sites for hydroxylation is 1. The first-order chi connectivity index (χ1) is 6.77. The van der Waals surface area contributed by atoms with Crippen LogP contribution in [0.5, 0.6) is 0 Å². The van der Waals surface area contributed by atoms with Gasteiger partial charge in [0.1, 0.15) is 0 Å². The zero-order valence-electron chi connectivity index (χ0n) is 8.83. The Hall–Kier alpha value is -1.27. The van der Waals surface area contributed by atoms with Crippen LogP contribution < -0.4 is 5.32 Å². The molecule has 0 aliphatic heterocycles. The van der Waals surface area contributed by atoms with Crippen LogP contribution in [-0.2, 0) is 13.6 Å². The van der Waals surface area contributed by atoms with Crippen molar-refractivity contribution in [3.63, 3.8) is 0 Å². The highest BCUT2D eigenvalue weighted by Crippen LogP contribution is 2.00. The molecule has 0 aliphatic rings. The number of rotatable bonds is 5. The summed E-state index contributed by atoms with van der Waals surface area (Å²) >= 11 is 0. The first-order valence-electron chi connectivity index (χ1n) is 4.90. The van der Waals surface area contributed by atoms with Crippen molar-refractivity contribution < 1.29 is 0 Å². The minimum absolute atomic E-state index is 0.412. The molecule has 76 valence electrons. The van der Waals surface area contributed by atoms with Crippen LogP contribution in [0.15, 0.2) is 12.5 Å². The van der Waals surface area contributed by atoms with Crippen molar-refractivity contribution >= 4 is 0 Å². The van der Waals surface area contributed by atoms with E-state index in [2.05, 4.69) is 23.1 Å². The number of imidazole rings is 1. The first kappa shape index (κ1) is 10.8. The summed E-state index contributed by atoms with van der Waals surface area (Å²) in [6.45, 7) is 2.97. The Labute approximate surface area is 85.5 Å². The predicted molar refractivity (Wildman–Crippen MR) is 57.6 cm³/mol. The van der Waals surface area contributed by atoms with E-state index in [1.165, 1.54) is 5.69 Å². The van der Waals surface area contributed by atoms with E-state index in [9.17, 15) is 0 Å². The highest BCUT2D eigenvalue weighted by atomic mass is 15.0. The van der Waals surface area contributed by atoms with Crippen molar-refractivity contribution in [1.82, 2.24) is 14.9 Å². The van der Waals surface area contributed by atoms with Gasteiger partial charge in [-0.3, -0.25) is 0 Å². The van der Waals surface area contributed by atoms with Gasteiger partial charge in [0.05, 0.1) is 12.0 Å². The summed E-state index contributed by atoms with van der Waals surface area (Å²) < 4.78 is 2.01. The minimum Gasteiger partial charge on any atom is -0.337 e. The highest BCUT2D eigenvalue weighted by Gasteiger charge is 2.04. The normalized spacial score (nSPS) is 12.4. The average molecular weight is 191 g/mol. The number of hydrogen-bond acceptors (Lipinski definition) is 2. The van der Waals surface area contributed by atoms with E-state index >= 15 is 0 Å². The van der Waals surface area contributed by atoms with Crippen LogP contribution >= 0.6 is 0 Å². The Morgan fingerprint density at radius 3 is 3.00 bits per heavy atom. The van der Waals surface area contributed by atoms with Gasteiger partial charge in [-0.1, -0.05) is 6.92 Å². The molecule has 3 heteroatoms. The highest BCUT2D eigenvalue weighted by molar-refractivity contribution is 4.98. The van der Waals surface area contributed by atoms with Crippen LogP contribution in [0.3, 0.4) is 0 Å². The van der Waals surface area contributed by atoms with E-state index in [-0.39, 0.29) is 0 Å². The molecule has 0 amide bonds. The Morgan fingerprint density at radius 1 is 1.71 bits per heavy atom. The Kier molecular flexibility index (Phi) is 4.21. The van der Waals surface area contributed by atoms with Gasteiger partial charge in [0.25, 0.3) is 0 Å². The molecule has 3 nitrogen and oxygen atoms in total. The largest absolute Gasteiger partial charge is 0.337 e. The van der Waals surface area contributed by atoms with Gasteiger partial charge in [0, 0.05) is 32.3 Å². The van der Waals surface area contributed by atoms with Gasteiger partial charge < -0.3 is 9.88 Å². The summed E-state index contributed by atoms with van der Waals surface area (Å²) in [6, 6.07) is 0.412. The van der Waals surface area contributed by atoms with Crippen molar-refractivity contribution in [2.45, 2.75) is 32.4 Å². The van der Waals surface area contributed by atoms with Crippen molar-refractivity contribution in [1.29, 1.82) is 0 Å². The van der Waals surface area contributed by atoms with Gasteiger partial charge >= 0.3 is 0 Å². The first-order valence-corrected chi connectivity index (χ1v) is 4.90. The third kappa shape index (κ3) is 2.90. The van der Waals surface area contributed by atoms with Crippen LogP contribution in [0.4, 0.5) is 0 Å². The molecule has 0 bridgehead atoms. The van der Waals surface area contributed by atoms with Crippen LogP contribution in [0.1, 0.15) is 25.5 Å². The van der Waals surface area contributed by atoms with E-state index in [4.69, 9.17) is 6.42 Å². The second-order valence-corrected chi connectivity index (χ2v) is 3.39. The molecule has 0 radical (unpaired) electrons. The molecule has 1 N–H and O–H groups in total. The van der Waals surface area contributed by atoms with Gasteiger partial charge in [-0.15, -0.1) is 12.3 Å². The van der Waals surface area contributed by atoms with E-state index in [1.54, 1.807) is 6.33 Å². The summed E-state index contributed by atoms with van der Waals surface area (Å²) in [5.41, 5.74) is 1.18. The minimum atomic E-state index is 0.412. The molecule has 0 fully saturated rings. The van der Waals surface area contributed by atoms with Crippen LogP contribution in [0, 0.1) is 12.3 Å². The lowest BCUT2D eigenvalue weighted by Gasteiger charge is -2.13. The van der Waals surface area contributed by atoms with Crippen molar-refractivity contribution in [2.75, 3.05) is 0 Å². The number of nitrogens with one attached hydrogen (secondary N) is 1. The van der Waals surface area contributed by atoms with Gasteiger partial charge in [-0.25, -0.2) is 4.98 Å². The Morgan fingerprint density at radius 2 is 2.50 bits per heavy atom. The quantitative estimate of drug-likeness (QED) is 0.711. The van der Waals surface area contributed by atoms with Crippen LogP contribution in [0.25, 0.3) is 0 Å². The second-order valence-electron chi connectivity index (χ2n) is 3.39. The number of nitrogens with zero attached hydrogens (tertiary/aromatic N) is 2. The molecule has 1 heterocycles. The molecular formula is C11H17N3. The van der Waals surface area contributed by atoms with Crippen LogP contribution in [0.2, 0.25) is 0 Å². The summed E-state index contributed by atoms with van der Waals surface area (Å²) in [4.78, 5) is 4.05. The fourth-order valence-electron chi connectivity index (χ4n) is 1.31. The number of hydrogen-bond donors (Lipinski definition) is 1. The molecule has 0 aromatic carbocycles. The molecule has 1 atom stereocenters. The van der Waals surface area contributed by atoms with Gasteiger partial charge in [0.2, 0.25) is 0 Å². The molecule has 1 unspecified atom stereocenters. The summed E-state index contributed by atoms with van der Waals surface area (Å²) in [5, 5.41) is 3.41. The molecule has 1 rings (SSSR count). The third-order valence-electron chi connectivity index (χ3n) is 2.35. The SMILES string of the molecule is C#CCC(CC)NCc1cncn1C. The molecule has 14 heavy (non-hydrogen) atoms. The van der Waals surface area contributed by atoms with Gasteiger partial charge in [0.15, 0.2) is 0 Å². The standard InChI is InChI=1S/C11H17N3/c1-4-6-10(5-2)13-8-11-7-12-9-14(11)3/h1,7,9-10,13H,5-6,8H2,2-3H3. The maximum atomic E-state index is 5.28. The second kappa shape index (κ2) is 5.46. The summed E-state index contributed by atoms with van der Waals surface area (Å²) in [7, 11) is 1.99. The lowest BCUT2D eigenvalue weighted by molar-refractivity contribution is 0.497. The van der Waals surface area contributed by atoms with Crippen LogP contribution in [-0.4, -0.2) is 15.6 Å². The van der Waals surface area contributed by atoms with E-state index in [0.29, 0.717) is 6.04 Å². The topological polar surface area (TPSA) is 29.9 Å². The molecule has 0 aliphatic carbocycles. The predicted octanol–water partition coefficient (Wildman–Crippen LogP) is 1.31. The zero-order chi connectivity index (χ0) is 10.4. The molecule has 1 aromatic heterocycles.